The van der Waals surface area contributed by atoms with Crippen LogP contribution in [0, 0.1) is 5.92 Å². The molecule has 0 amide bonds. The van der Waals surface area contributed by atoms with Crippen molar-refractivity contribution < 1.29 is 9.90 Å². The molecule has 0 spiro atoms. The zero-order valence-corrected chi connectivity index (χ0v) is 7.00. The number of carbonyl (C=O) groups is 1. The molecule has 0 saturated carbocycles. The number of carboxylic acid groups (broad SMARTS) is 1. The van der Waals surface area contributed by atoms with Crippen LogP contribution in [0.2, 0.25) is 0 Å². The molecule has 0 saturated heterocycles. The summed E-state index contributed by atoms with van der Waals surface area (Å²) >= 11 is 0. The van der Waals surface area contributed by atoms with Gasteiger partial charge in [-0.2, -0.15) is 0 Å². The molecule has 0 atom stereocenters. The first-order chi connectivity index (χ1) is 5.04. The van der Waals surface area contributed by atoms with E-state index >= 15 is 0 Å². The zero-order valence-electron chi connectivity index (χ0n) is 7.00. The molecule has 0 fully saturated rings. The SMILES string of the molecule is C=C(C=CCC(C)C)C(=O)O. The second-order valence-corrected chi connectivity index (χ2v) is 2.86. The average Bonchev–Trinajstić information content (AvgIpc) is 1.86. The van der Waals surface area contributed by atoms with Crippen molar-refractivity contribution in [3.63, 3.8) is 0 Å². The first-order valence-electron chi connectivity index (χ1n) is 3.62. The van der Waals surface area contributed by atoms with Crippen molar-refractivity contribution in [1.29, 1.82) is 0 Å². The minimum atomic E-state index is -0.954. The summed E-state index contributed by atoms with van der Waals surface area (Å²) in [6.07, 6.45) is 4.27. The highest BCUT2D eigenvalue weighted by Gasteiger charge is 1.97. The van der Waals surface area contributed by atoms with Crippen LogP contribution >= 0.6 is 0 Å². The van der Waals surface area contributed by atoms with Crippen LogP contribution in [-0.4, -0.2) is 11.1 Å². The molecular formula is C9H14O2. The number of hydrogen-bond acceptors (Lipinski definition) is 1. The third-order valence-electron chi connectivity index (χ3n) is 1.20. The van der Waals surface area contributed by atoms with Gasteiger partial charge in [0.25, 0.3) is 0 Å². The molecule has 0 rings (SSSR count). The van der Waals surface area contributed by atoms with Gasteiger partial charge in [0.2, 0.25) is 0 Å². The molecule has 62 valence electrons. The highest BCUT2D eigenvalue weighted by Crippen LogP contribution is 2.02. The van der Waals surface area contributed by atoms with Gasteiger partial charge in [-0.25, -0.2) is 4.79 Å². The monoisotopic (exact) mass is 154 g/mol. The van der Waals surface area contributed by atoms with Crippen LogP contribution < -0.4 is 0 Å². The van der Waals surface area contributed by atoms with E-state index in [-0.39, 0.29) is 5.57 Å². The van der Waals surface area contributed by atoms with Gasteiger partial charge >= 0.3 is 5.97 Å². The summed E-state index contributed by atoms with van der Waals surface area (Å²) in [6, 6.07) is 0. The zero-order chi connectivity index (χ0) is 8.85. The van der Waals surface area contributed by atoms with Gasteiger partial charge in [0, 0.05) is 0 Å². The van der Waals surface area contributed by atoms with Crippen LogP contribution in [0.15, 0.2) is 24.3 Å². The minimum absolute atomic E-state index is 0.144. The molecule has 1 N–H and O–H groups in total. The molecule has 0 bridgehead atoms. The molecule has 0 aromatic rings. The number of hydrogen-bond donors (Lipinski definition) is 1. The fraction of sp³-hybridized carbons (Fsp3) is 0.444. The van der Waals surface area contributed by atoms with E-state index < -0.39 is 5.97 Å². The van der Waals surface area contributed by atoms with Crippen molar-refractivity contribution in [2.75, 3.05) is 0 Å². The van der Waals surface area contributed by atoms with Gasteiger partial charge in [-0.1, -0.05) is 32.6 Å². The quantitative estimate of drug-likeness (QED) is 0.498. The Bertz CT molecular complexity index is 178. The smallest absolute Gasteiger partial charge is 0.335 e. The fourth-order valence-electron chi connectivity index (χ4n) is 0.554. The van der Waals surface area contributed by atoms with E-state index in [1.807, 2.05) is 6.08 Å². The number of rotatable bonds is 4. The molecule has 0 aliphatic heterocycles. The van der Waals surface area contributed by atoms with Crippen LogP contribution in [0.1, 0.15) is 20.3 Å². The van der Waals surface area contributed by atoms with E-state index in [2.05, 4.69) is 20.4 Å². The normalized spacial score (nSPS) is 10.8. The molecule has 0 heterocycles. The van der Waals surface area contributed by atoms with Gasteiger partial charge in [0.05, 0.1) is 5.57 Å². The van der Waals surface area contributed by atoms with E-state index in [9.17, 15) is 4.79 Å². The van der Waals surface area contributed by atoms with E-state index in [0.717, 1.165) is 6.42 Å². The lowest BCUT2D eigenvalue weighted by atomic mass is 10.1. The van der Waals surface area contributed by atoms with Crippen LogP contribution in [0.25, 0.3) is 0 Å². The van der Waals surface area contributed by atoms with Gasteiger partial charge in [-0.3, -0.25) is 0 Å². The highest BCUT2D eigenvalue weighted by atomic mass is 16.4. The molecule has 0 aromatic carbocycles. The molecule has 0 aliphatic carbocycles. The molecule has 0 unspecified atom stereocenters. The maximum absolute atomic E-state index is 10.2. The summed E-state index contributed by atoms with van der Waals surface area (Å²) in [5.41, 5.74) is 0.144. The first kappa shape index (κ1) is 9.95. The Kier molecular flexibility index (Phi) is 4.27. The molecule has 0 aromatic heterocycles. The maximum atomic E-state index is 10.2. The third kappa shape index (κ3) is 5.40. The summed E-state index contributed by atoms with van der Waals surface area (Å²) < 4.78 is 0. The predicted octanol–water partition coefficient (Wildman–Crippen LogP) is 2.23. The van der Waals surface area contributed by atoms with Crippen molar-refractivity contribution in [2.24, 2.45) is 5.92 Å². The number of aliphatic carboxylic acids is 1. The van der Waals surface area contributed by atoms with Gasteiger partial charge in [-0.15, -0.1) is 0 Å². The largest absolute Gasteiger partial charge is 0.478 e. The Morgan fingerprint density at radius 2 is 2.18 bits per heavy atom. The summed E-state index contributed by atoms with van der Waals surface area (Å²) in [7, 11) is 0. The summed E-state index contributed by atoms with van der Waals surface area (Å²) in [5.74, 6) is -0.391. The maximum Gasteiger partial charge on any atom is 0.335 e. The Labute approximate surface area is 67.2 Å². The lowest BCUT2D eigenvalue weighted by molar-refractivity contribution is -0.132. The highest BCUT2D eigenvalue weighted by molar-refractivity contribution is 5.88. The number of allylic oxidation sites excluding steroid dienone is 1. The second-order valence-electron chi connectivity index (χ2n) is 2.86. The topological polar surface area (TPSA) is 37.3 Å². The van der Waals surface area contributed by atoms with Crippen molar-refractivity contribution in [3.05, 3.63) is 24.3 Å². The first-order valence-corrected chi connectivity index (χ1v) is 3.62. The van der Waals surface area contributed by atoms with Crippen LogP contribution in [0.3, 0.4) is 0 Å². The molecular weight excluding hydrogens is 140 g/mol. The van der Waals surface area contributed by atoms with Crippen molar-refractivity contribution in [3.8, 4) is 0 Å². The Balaban J connectivity index is 3.75. The van der Waals surface area contributed by atoms with E-state index in [4.69, 9.17) is 5.11 Å². The van der Waals surface area contributed by atoms with Gasteiger partial charge in [0.15, 0.2) is 0 Å². The standard InChI is InChI=1S/C9H14O2/c1-7(2)5-4-6-8(3)9(10)11/h4,6-7H,3,5H2,1-2H3,(H,10,11). The second kappa shape index (κ2) is 4.72. The van der Waals surface area contributed by atoms with Crippen LogP contribution in [0.5, 0.6) is 0 Å². The van der Waals surface area contributed by atoms with Crippen LogP contribution in [0.4, 0.5) is 0 Å². The lowest BCUT2D eigenvalue weighted by Gasteiger charge is -1.96. The van der Waals surface area contributed by atoms with Crippen molar-refractivity contribution in [2.45, 2.75) is 20.3 Å². The molecule has 2 nitrogen and oxygen atoms in total. The third-order valence-corrected chi connectivity index (χ3v) is 1.20. The van der Waals surface area contributed by atoms with Gasteiger partial charge in [-0.05, 0) is 12.3 Å². The Hall–Kier alpha value is -1.05. The molecule has 0 aliphatic rings. The van der Waals surface area contributed by atoms with Crippen LogP contribution in [-0.2, 0) is 4.79 Å². The van der Waals surface area contributed by atoms with Gasteiger partial charge < -0.3 is 5.11 Å². The summed E-state index contributed by atoms with van der Waals surface area (Å²) in [4.78, 5) is 10.2. The molecule has 11 heavy (non-hydrogen) atoms. The van der Waals surface area contributed by atoms with Gasteiger partial charge in [0.1, 0.15) is 0 Å². The van der Waals surface area contributed by atoms with Crippen molar-refractivity contribution in [1.82, 2.24) is 0 Å². The van der Waals surface area contributed by atoms with E-state index in [0.29, 0.717) is 5.92 Å². The molecule has 2 heteroatoms. The Morgan fingerprint density at radius 3 is 2.55 bits per heavy atom. The van der Waals surface area contributed by atoms with E-state index in [1.54, 1.807) is 6.08 Å². The lowest BCUT2D eigenvalue weighted by Crippen LogP contribution is -1.95. The predicted molar refractivity (Wildman–Crippen MR) is 45.4 cm³/mol. The average molecular weight is 154 g/mol. The Morgan fingerprint density at radius 1 is 1.64 bits per heavy atom. The van der Waals surface area contributed by atoms with E-state index in [1.165, 1.54) is 0 Å². The summed E-state index contributed by atoms with van der Waals surface area (Å²) in [6.45, 7) is 7.52. The minimum Gasteiger partial charge on any atom is -0.478 e. The fourth-order valence-corrected chi connectivity index (χ4v) is 0.554. The molecule has 0 radical (unpaired) electrons. The number of carboxylic acids is 1. The van der Waals surface area contributed by atoms with Crippen molar-refractivity contribution >= 4 is 5.97 Å². The summed E-state index contributed by atoms with van der Waals surface area (Å²) in [5, 5.41) is 8.40.